The summed E-state index contributed by atoms with van der Waals surface area (Å²) in [5, 5.41) is 1.76. The fraction of sp³-hybridized carbons (Fsp3) is 0.513. The van der Waals surface area contributed by atoms with E-state index in [2.05, 4.69) is 70.1 Å². The highest BCUT2D eigenvalue weighted by Crippen LogP contribution is 2.54. The van der Waals surface area contributed by atoms with E-state index in [9.17, 15) is 9.59 Å². The van der Waals surface area contributed by atoms with Crippen molar-refractivity contribution in [2.24, 2.45) is 4.99 Å². The van der Waals surface area contributed by atoms with E-state index < -0.39 is 34.3 Å². The summed E-state index contributed by atoms with van der Waals surface area (Å²) in [6.07, 6.45) is 5.10. The fourth-order valence-electron chi connectivity index (χ4n) is 7.25. The molecule has 0 aliphatic carbocycles. The summed E-state index contributed by atoms with van der Waals surface area (Å²) < 4.78 is 30.0. The van der Waals surface area contributed by atoms with Crippen LogP contribution in [0.1, 0.15) is 58.4 Å². The Morgan fingerprint density at radius 1 is 0.880 bits per heavy atom. The molecule has 1 unspecified atom stereocenters. The van der Waals surface area contributed by atoms with Crippen molar-refractivity contribution in [2.75, 3.05) is 31.8 Å². The van der Waals surface area contributed by atoms with Crippen LogP contribution in [0.25, 0.3) is 10.8 Å². The molecule has 0 N–H and O–H groups in total. The lowest BCUT2D eigenvalue weighted by Crippen LogP contribution is -2.61. The quantitative estimate of drug-likeness (QED) is 0.0627. The van der Waals surface area contributed by atoms with Crippen molar-refractivity contribution in [3.63, 3.8) is 0 Å². The summed E-state index contributed by atoms with van der Waals surface area (Å²) in [4.78, 5) is 32.0. The average Bonchev–Trinajstić information content (AvgIpc) is 3.23. The number of anilines is 1. The van der Waals surface area contributed by atoms with Crippen LogP contribution in [-0.2, 0) is 28.6 Å². The van der Waals surface area contributed by atoms with Crippen molar-refractivity contribution in [1.29, 1.82) is 0 Å². The van der Waals surface area contributed by atoms with E-state index in [1.165, 1.54) is 24.4 Å². The molecule has 0 fully saturated rings. The van der Waals surface area contributed by atoms with E-state index >= 15 is 0 Å². The highest BCUT2D eigenvalue weighted by atomic mass is 28.4. The molecule has 0 saturated heterocycles. The molecule has 9 nitrogen and oxygen atoms in total. The number of carbonyl (C=O) groups is 2. The fourth-order valence-corrected chi connectivity index (χ4v) is 16.2. The molecule has 3 aromatic rings. The molecule has 0 radical (unpaired) electrons. The van der Waals surface area contributed by atoms with Gasteiger partial charge in [-0.05, 0) is 93.8 Å². The molecule has 3 aromatic carbocycles. The zero-order chi connectivity index (χ0) is 36.2. The summed E-state index contributed by atoms with van der Waals surface area (Å²) >= 11 is 0. The molecule has 0 amide bonds. The molecule has 50 heavy (non-hydrogen) atoms. The number of rotatable bonds is 16. The van der Waals surface area contributed by atoms with Gasteiger partial charge in [-0.15, -0.1) is 0 Å². The van der Waals surface area contributed by atoms with Crippen LogP contribution in [-0.4, -0.2) is 67.4 Å². The van der Waals surface area contributed by atoms with Crippen LogP contribution in [0, 0.1) is 0 Å². The third-order valence-corrected chi connectivity index (χ3v) is 17.4. The Morgan fingerprint density at radius 2 is 1.58 bits per heavy atom. The molecule has 2 aliphatic rings. The Hall–Kier alpha value is -3.52. The standard InChI is InChI=1S/C39H54N2O7Si2/c1-9-10-25-49(5,6)48-50(7,8)26-13-22-44-23-24-45-35(42)20-21-36(43)46-30-18-16-29-17-19-34-37(31(29)27-30)40-28-39(47-34)38(2,3)32-14-11-12-15-33(32)41(39)4/h11-12,14-19,27-28H,9-10,13,20-26H2,1-8H3. The van der Waals surface area contributed by atoms with Crippen molar-refractivity contribution >= 4 is 56.9 Å². The zero-order valence-corrected chi connectivity index (χ0v) is 33.1. The Morgan fingerprint density at radius 3 is 2.32 bits per heavy atom. The van der Waals surface area contributed by atoms with Crippen molar-refractivity contribution in [3.8, 4) is 11.5 Å². The predicted molar refractivity (Wildman–Crippen MR) is 205 cm³/mol. The summed E-state index contributed by atoms with van der Waals surface area (Å²) in [6, 6.07) is 19.9. The maximum atomic E-state index is 12.7. The van der Waals surface area contributed by atoms with E-state index in [1.54, 1.807) is 12.1 Å². The number of para-hydroxylation sites is 1. The predicted octanol–water partition coefficient (Wildman–Crippen LogP) is 8.92. The maximum absolute atomic E-state index is 12.7. The Labute approximate surface area is 299 Å². The van der Waals surface area contributed by atoms with Crippen LogP contribution >= 0.6 is 0 Å². The smallest absolute Gasteiger partial charge is 0.311 e. The largest absolute Gasteiger partial charge is 0.463 e. The minimum atomic E-state index is -1.73. The third-order valence-electron chi connectivity index (χ3n) is 9.90. The van der Waals surface area contributed by atoms with E-state index in [0.29, 0.717) is 30.4 Å². The highest BCUT2D eigenvalue weighted by molar-refractivity contribution is 6.84. The number of likely N-dealkylation sites (N-methyl/N-ethyl adjacent to an activating group) is 1. The highest BCUT2D eigenvalue weighted by Gasteiger charge is 2.58. The van der Waals surface area contributed by atoms with Gasteiger partial charge in [-0.3, -0.25) is 14.6 Å². The maximum Gasteiger partial charge on any atom is 0.311 e. The molecular formula is C39H54N2O7Si2. The van der Waals surface area contributed by atoms with Crippen LogP contribution in [0.5, 0.6) is 11.5 Å². The van der Waals surface area contributed by atoms with E-state index in [1.807, 2.05) is 37.5 Å². The van der Waals surface area contributed by atoms with Crippen molar-refractivity contribution in [2.45, 2.75) is 102 Å². The number of unbranched alkanes of at least 4 members (excludes halogenated alkanes) is 1. The molecule has 5 rings (SSSR count). The van der Waals surface area contributed by atoms with Gasteiger partial charge < -0.3 is 28.0 Å². The van der Waals surface area contributed by atoms with Crippen LogP contribution in [0.4, 0.5) is 11.4 Å². The van der Waals surface area contributed by atoms with E-state index in [-0.39, 0.29) is 24.9 Å². The second kappa shape index (κ2) is 15.4. The first kappa shape index (κ1) is 37.7. The Kier molecular flexibility index (Phi) is 11.6. The van der Waals surface area contributed by atoms with Gasteiger partial charge in [-0.1, -0.05) is 50.1 Å². The number of nitrogens with zero attached hydrogens (tertiary/aromatic N) is 2. The molecule has 270 valence electrons. The second-order valence-corrected chi connectivity index (χ2v) is 24.0. The summed E-state index contributed by atoms with van der Waals surface area (Å²) in [6.45, 7) is 16.9. The van der Waals surface area contributed by atoms with Gasteiger partial charge in [0.1, 0.15) is 23.8 Å². The Balaban J connectivity index is 1.06. The molecule has 11 heteroatoms. The summed E-state index contributed by atoms with van der Waals surface area (Å²) in [7, 11) is -1.31. The molecule has 0 bridgehead atoms. The Bertz CT molecular complexity index is 1720. The number of hydrogen-bond acceptors (Lipinski definition) is 9. The number of aliphatic imine (C=N–C) groups is 1. The molecule has 2 aliphatic heterocycles. The molecule has 1 spiro atoms. The minimum Gasteiger partial charge on any atom is -0.463 e. The van der Waals surface area contributed by atoms with Gasteiger partial charge in [0, 0.05) is 24.7 Å². The van der Waals surface area contributed by atoms with E-state index in [4.69, 9.17) is 28.1 Å². The normalized spacial score (nSPS) is 17.8. The molecule has 1 atom stereocenters. The topological polar surface area (TPSA) is 95.9 Å². The van der Waals surface area contributed by atoms with Gasteiger partial charge in [0.25, 0.3) is 0 Å². The second-order valence-electron chi connectivity index (χ2n) is 15.2. The number of hydrogen-bond donors (Lipinski definition) is 0. The monoisotopic (exact) mass is 718 g/mol. The van der Waals surface area contributed by atoms with Gasteiger partial charge in [-0.25, -0.2) is 0 Å². The van der Waals surface area contributed by atoms with Gasteiger partial charge in [0.05, 0.1) is 31.1 Å². The van der Waals surface area contributed by atoms with Crippen molar-refractivity contribution < 1.29 is 32.7 Å². The number of carbonyl (C=O) groups excluding carboxylic acids is 2. The third kappa shape index (κ3) is 8.33. The number of fused-ring (bicyclic) bond motifs is 4. The minimum absolute atomic E-state index is 0.0669. The van der Waals surface area contributed by atoms with Gasteiger partial charge in [0.2, 0.25) is 5.72 Å². The molecule has 0 saturated carbocycles. The van der Waals surface area contributed by atoms with Crippen molar-refractivity contribution in [1.82, 2.24) is 0 Å². The van der Waals surface area contributed by atoms with Crippen LogP contribution in [0.15, 0.2) is 59.6 Å². The number of benzene rings is 3. The number of ether oxygens (including phenoxy) is 4. The molecule has 0 aromatic heterocycles. The van der Waals surface area contributed by atoms with Crippen molar-refractivity contribution in [3.05, 3.63) is 60.2 Å². The molecular weight excluding hydrogens is 665 g/mol. The lowest BCUT2D eigenvalue weighted by atomic mass is 9.77. The number of esters is 2. The van der Waals surface area contributed by atoms with Gasteiger partial charge in [0.15, 0.2) is 16.6 Å². The summed E-state index contributed by atoms with van der Waals surface area (Å²) in [5.41, 5.74) is 1.85. The van der Waals surface area contributed by atoms with E-state index in [0.717, 1.165) is 28.9 Å². The lowest BCUT2D eigenvalue weighted by Gasteiger charge is -2.45. The summed E-state index contributed by atoms with van der Waals surface area (Å²) in [5.74, 6) is 0.0677. The first-order valence-electron chi connectivity index (χ1n) is 18.0. The first-order valence-corrected chi connectivity index (χ1v) is 24.2. The van der Waals surface area contributed by atoms with Crippen LogP contribution in [0.3, 0.4) is 0 Å². The SMILES string of the molecule is CCCC[Si](C)(C)O[Si](C)(C)CCCOCCOC(=O)CCC(=O)Oc1ccc2ccc3c(c2c1)N=CC1(O3)N(C)c2ccccc2C1(C)C. The lowest BCUT2D eigenvalue weighted by molar-refractivity contribution is -0.148. The molecule has 2 heterocycles. The van der Waals surface area contributed by atoms with Crippen LogP contribution < -0.4 is 14.4 Å². The first-order chi connectivity index (χ1) is 23.7. The zero-order valence-electron chi connectivity index (χ0n) is 31.1. The van der Waals surface area contributed by atoms with Gasteiger partial charge >= 0.3 is 11.9 Å². The average molecular weight is 719 g/mol. The van der Waals surface area contributed by atoms with Gasteiger partial charge in [-0.2, -0.15) is 0 Å². The van der Waals surface area contributed by atoms with Crippen LogP contribution in [0.2, 0.25) is 38.3 Å².